The van der Waals surface area contributed by atoms with E-state index < -0.39 is 5.54 Å². The Labute approximate surface area is 84.2 Å². The van der Waals surface area contributed by atoms with Crippen LogP contribution < -0.4 is 11.1 Å². The predicted molar refractivity (Wildman–Crippen MR) is 52.8 cm³/mol. The van der Waals surface area contributed by atoms with E-state index in [1.165, 1.54) is 19.3 Å². The Morgan fingerprint density at radius 3 is 2.36 bits per heavy atom. The van der Waals surface area contributed by atoms with Gasteiger partial charge < -0.3 is 10.5 Å². The zero-order valence-corrected chi connectivity index (χ0v) is 8.42. The van der Waals surface area contributed by atoms with Crippen LogP contribution in [0, 0.1) is 0 Å². The van der Waals surface area contributed by atoms with Crippen LogP contribution in [0.4, 0.5) is 0 Å². The zero-order valence-electron chi connectivity index (χ0n) is 8.42. The Hall–Kier alpha value is -0.610. The maximum Gasteiger partial charge on any atom is 0.242 e. The highest BCUT2D eigenvalue weighted by molar-refractivity contribution is 5.86. The topological polar surface area (TPSA) is 64.4 Å². The molecule has 1 amide bonds. The summed E-state index contributed by atoms with van der Waals surface area (Å²) in [6, 6.07) is 0.458. The number of rotatable bonds is 3. The second-order valence-corrected chi connectivity index (χ2v) is 4.42. The molecule has 2 rings (SSSR count). The van der Waals surface area contributed by atoms with Crippen LogP contribution in [0.15, 0.2) is 0 Å². The lowest BCUT2D eigenvalue weighted by Gasteiger charge is -2.42. The molecule has 4 nitrogen and oxygen atoms in total. The van der Waals surface area contributed by atoms with E-state index in [4.69, 9.17) is 10.5 Å². The van der Waals surface area contributed by atoms with E-state index in [2.05, 4.69) is 5.32 Å². The van der Waals surface area contributed by atoms with Gasteiger partial charge in [0.2, 0.25) is 5.91 Å². The summed E-state index contributed by atoms with van der Waals surface area (Å²) in [4.78, 5) is 11.3. The summed E-state index contributed by atoms with van der Waals surface area (Å²) >= 11 is 0. The van der Waals surface area contributed by atoms with E-state index >= 15 is 0 Å². The van der Waals surface area contributed by atoms with Crippen molar-refractivity contribution in [3.63, 3.8) is 0 Å². The molecular formula is C10H18N2O2. The lowest BCUT2D eigenvalue weighted by molar-refractivity contribution is -0.146. The summed E-state index contributed by atoms with van der Waals surface area (Å²) in [6.07, 6.45) is 6.16. The van der Waals surface area contributed by atoms with Crippen molar-refractivity contribution < 1.29 is 9.53 Å². The fraction of sp³-hybridized carbons (Fsp3) is 0.900. The van der Waals surface area contributed by atoms with Crippen LogP contribution in [-0.2, 0) is 9.53 Å². The van der Waals surface area contributed by atoms with Crippen molar-refractivity contribution in [2.24, 2.45) is 5.73 Å². The molecule has 4 heteroatoms. The van der Waals surface area contributed by atoms with Gasteiger partial charge in [0, 0.05) is 6.04 Å². The molecule has 1 saturated carbocycles. The Bertz CT molecular complexity index is 220. The Balaban J connectivity index is 1.90. The van der Waals surface area contributed by atoms with Gasteiger partial charge in [-0.25, -0.2) is 0 Å². The molecule has 80 valence electrons. The van der Waals surface area contributed by atoms with Gasteiger partial charge in [-0.15, -0.1) is 0 Å². The number of carbonyl (C=O) groups excluding carboxylic acids is 1. The smallest absolute Gasteiger partial charge is 0.242 e. The predicted octanol–water partition coefficient (Wildman–Crippen LogP) is 0.163. The van der Waals surface area contributed by atoms with Gasteiger partial charge in [0.25, 0.3) is 0 Å². The van der Waals surface area contributed by atoms with Crippen LogP contribution in [0.2, 0.25) is 0 Å². The molecule has 1 aliphatic carbocycles. The van der Waals surface area contributed by atoms with Gasteiger partial charge in [0.1, 0.15) is 5.54 Å². The minimum Gasteiger partial charge on any atom is -0.376 e. The molecular weight excluding hydrogens is 180 g/mol. The van der Waals surface area contributed by atoms with Crippen LogP contribution in [0.1, 0.15) is 32.1 Å². The van der Waals surface area contributed by atoms with Crippen molar-refractivity contribution in [2.75, 3.05) is 13.2 Å². The molecule has 1 saturated heterocycles. The number of hydrogen-bond acceptors (Lipinski definition) is 3. The summed E-state index contributed by atoms with van der Waals surface area (Å²) < 4.78 is 5.08. The van der Waals surface area contributed by atoms with Crippen LogP contribution >= 0.6 is 0 Å². The first kappa shape index (κ1) is 9.93. The van der Waals surface area contributed by atoms with E-state index in [1.54, 1.807) is 0 Å². The van der Waals surface area contributed by atoms with E-state index in [9.17, 15) is 4.79 Å². The van der Waals surface area contributed by atoms with Gasteiger partial charge in [-0.3, -0.25) is 10.1 Å². The molecule has 0 bridgehead atoms. The third kappa shape index (κ3) is 1.77. The zero-order chi connectivity index (χ0) is 10.0. The molecule has 14 heavy (non-hydrogen) atoms. The van der Waals surface area contributed by atoms with E-state index in [1.807, 2.05) is 0 Å². The normalized spacial score (nSPS) is 26.9. The average molecular weight is 198 g/mol. The Morgan fingerprint density at radius 1 is 1.29 bits per heavy atom. The second-order valence-electron chi connectivity index (χ2n) is 4.42. The fourth-order valence-electron chi connectivity index (χ4n) is 2.24. The van der Waals surface area contributed by atoms with Crippen molar-refractivity contribution >= 4 is 5.91 Å². The molecule has 0 spiro atoms. The van der Waals surface area contributed by atoms with Crippen LogP contribution in [0.25, 0.3) is 0 Å². The summed E-state index contributed by atoms with van der Waals surface area (Å²) in [7, 11) is 0. The quantitative estimate of drug-likeness (QED) is 0.679. The monoisotopic (exact) mass is 198 g/mol. The maximum absolute atomic E-state index is 11.3. The molecule has 0 atom stereocenters. The number of carbonyl (C=O) groups is 1. The first-order valence-electron chi connectivity index (χ1n) is 5.38. The number of primary amides is 1. The number of hydrogen-bond donors (Lipinski definition) is 2. The van der Waals surface area contributed by atoms with Crippen molar-refractivity contribution in [2.45, 2.75) is 43.7 Å². The number of nitrogens with two attached hydrogens (primary N) is 1. The van der Waals surface area contributed by atoms with Gasteiger partial charge in [-0.1, -0.05) is 19.3 Å². The third-order valence-corrected chi connectivity index (χ3v) is 3.25. The maximum atomic E-state index is 11.3. The number of nitrogens with one attached hydrogen (secondary N) is 1. The molecule has 0 aromatic rings. The van der Waals surface area contributed by atoms with E-state index in [0.717, 1.165) is 12.8 Å². The van der Waals surface area contributed by atoms with E-state index in [0.29, 0.717) is 19.3 Å². The first-order chi connectivity index (χ1) is 6.73. The summed E-state index contributed by atoms with van der Waals surface area (Å²) in [5, 5.41) is 3.37. The van der Waals surface area contributed by atoms with Crippen molar-refractivity contribution in [3.05, 3.63) is 0 Å². The molecule has 0 aromatic carbocycles. The molecule has 0 unspecified atom stereocenters. The summed E-state index contributed by atoms with van der Waals surface area (Å²) in [5.41, 5.74) is 4.81. The van der Waals surface area contributed by atoms with Crippen molar-refractivity contribution in [3.8, 4) is 0 Å². The van der Waals surface area contributed by atoms with Crippen LogP contribution in [-0.4, -0.2) is 30.7 Å². The highest BCUT2D eigenvalue weighted by Gasteiger charge is 2.45. The van der Waals surface area contributed by atoms with E-state index in [-0.39, 0.29) is 5.91 Å². The molecule has 0 aromatic heterocycles. The third-order valence-electron chi connectivity index (χ3n) is 3.25. The lowest BCUT2D eigenvalue weighted by Crippen LogP contribution is -2.70. The van der Waals surface area contributed by atoms with Gasteiger partial charge in [-0.05, 0) is 12.8 Å². The number of amides is 1. The van der Waals surface area contributed by atoms with Gasteiger partial charge in [0.05, 0.1) is 13.2 Å². The van der Waals surface area contributed by atoms with Gasteiger partial charge in [0.15, 0.2) is 0 Å². The Kier molecular flexibility index (Phi) is 2.74. The molecule has 2 fully saturated rings. The molecule has 1 aliphatic heterocycles. The highest BCUT2D eigenvalue weighted by atomic mass is 16.5. The second kappa shape index (κ2) is 3.87. The standard InChI is InChI=1S/C10H18N2O2/c11-9(13)10(6-14-7-10)12-8-4-2-1-3-5-8/h8,12H,1-7H2,(H2,11,13). The SMILES string of the molecule is NC(=O)C1(NC2CCCCC2)COC1. The number of ether oxygens (including phenoxy) is 1. The van der Waals surface area contributed by atoms with Crippen LogP contribution in [0.3, 0.4) is 0 Å². The molecule has 1 heterocycles. The average Bonchev–Trinajstić information content (AvgIpc) is 2.12. The van der Waals surface area contributed by atoms with Crippen molar-refractivity contribution in [1.82, 2.24) is 5.32 Å². The minimum absolute atomic E-state index is 0.269. The lowest BCUT2D eigenvalue weighted by atomic mass is 9.89. The molecule has 2 aliphatic rings. The fourth-order valence-corrected chi connectivity index (χ4v) is 2.24. The molecule has 0 radical (unpaired) electrons. The van der Waals surface area contributed by atoms with Gasteiger partial charge in [-0.2, -0.15) is 0 Å². The Morgan fingerprint density at radius 2 is 1.93 bits per heavy atom. The van der Waals surface area contributed by atoms with Crippen molar-refractivity contribution in [1.29, 1.82) is 0 Å². The van der Waals surface area contributed by atoms with Crippen LogP contribution in [0.5, 0.6) is 0 Å². The largest absolute Gasteiger partial charge is 0.376 e. The summed E-state index contributed by atoms with van der Waals surface area (Å²) in [5.74, 6) is -0.269. The minimum atomic E-state index is -0.554. The molecule has 3 N–H and O–H groups in total. The van der Waals surface area contributed by atoms with Gasteiger partial charge >= 0.3 is 0 Å². The summed E-state index contributed by atoms with van der Waals surface area (Å²) in [6.45, 7) is 0.887. The first-order valence-corrected chi connectivity index (χ1v) is 5.38. The highest BCUT2D eigenvalue weighted by Crippen LogP contribution is 2.23.